The largest absolute Gasteiger partial charge is 0.468 e. The fraction of sp³-hybridized carbons (Fsp3) is 0.438. The van der Waals surface area contributed by atoms with Crippen molar-refractivity contribution in [3.63, 3.8) is 0 Å². The number of methoxy groups -OCH3 is 1. The van der Waals surface area contributed by atoms with Crippen LogP contribution in [0.25, 0.3) is 10.9 Å². The van der Waals surface area contributed by atoms with Gasteiger partial charge in [0.05, 0.1) is 7.11 Å². The third kappa shape index (κ3) is 3.61. The molecule has 1 aromatic heterocycles. The van der Waals surface area contributed by atoms with E-state index in [1.807, 2.05) is 16.8 Å². The highest BCUT2D eigenvalue weighted by atomic mass is 16.5. The summed E-state index contributed by atoms with van der Waals surface area (Å²) < 4.78 is 6.64. The predicted octanol–water partition coefficient (Wildman–Crippen LogP) is 2.70. The molecule has 0 aliphatic heterocycles. The van der Waals surface area contributed by atoms with E-state index in [2.05, 4.69) is 44.3 Å². The van der Waals surface area contributed by atoms with Crippen molar-refractivity contribution in [2.75, 3.05) is 7.11 Å². The quantitative estimate of drug-likeness (QED) is 0.872. The summed E-state index contributed by atoms with van der Waals surface area (Å²) in [6, 6.07) is 8.34. The first-order valence-electron chi connectivity index (χ1n) is 6.79. The molecule has 1 heterocycles. The van der Waals surface area contributed by atoms with Crippen molar-refractivity contribution in [2.45, 2.75) is 39.4 Å². The van der Waals surface area contributed by atoms with Gasteiger partial charge in [-0.05, 0) is 43.9 Å². The molecule has 0 radical (unpaired) electrons. The van der Waals surface area contributed by atoms with Crippen LogP contribution < -0.4 is 5.32 Å². The molecule has 1 N–H and O–H groups in total. The second-order valence-electron chi connectivity index (χ2n) is 6.02. The van der Waals surface area contributed by atoms with E-state index in [9.17, 15) is 4.79 Å². The molecule has 0 unspecified atom stereocenters. The number of carbonyl (C=O) groups excluding carboxylic acids is 1. The van der Waals surface area contributed by atoms with Crippen molar-refractivity contribution in [2.24, 2.45) is 0 Å². The highest BCUT2D eigenvalue weighted by Gasteiger charge is 2.10. The number of esters is 1. The van der Waals surface area contributed by atoms with E-state index in [0.29, 0.717) is 0 Å². The van der Waals surface area contributed by atoms with Gasteiger partial charge in [-0.1, -0.05) is 12.1 Å². The van der Waals surface area contributed by atoms with E-state index in [1.165, 1.54) is 12.7 Å². The number of hydrogen-bond donors (Lipinski definition) is 1. The molecule has 0 saturated heterocycles. The molecule has 4 heteroatoms. The molecule has 108 valence electrons. The lowest BCUT2D eigenvalue weighted by atomic mass is 10.1. The normalized spacial score (nSPS) is 11.8. The molecule has 0 aliphatic carbocycles. The lowest BCUT2D eigenvalue weighted by Crippen LogP contribution is -2.35. The Labute approximate surface area is 119 Å². The van der Waals surface area contributed by atoms with Crippen molar-refractivity contribution in [3.05, 3.63) is 36.0 Å². The summed E-state index contributed by atoms with van der Waals surface area (Å²) >= 11 is 0. The number of aromatic nitrogens is 1. The lowest BCUT2D eigenvalue weighted by molar-refractivity contribution is -0.141. The third-order valence-corrected chi connectivity index (χ3v) is 3.19. The Balaban J connectivity index is 2.23. The van der Waals surface area contributed by atoms with Crippen LogP contribution in [0.1, 0.15) is 26.3 Å². The summed E-state index contributed by atoms with van der Waals surface area (Å²) in [5.41, 5.74) is 2.35. The van der Waals surface area contributed by atoms with Crippen molar-refractivity contribution in [1.29, 1.82) is 0 Å². The molecule has 2 rings (SSSR count). The van der Waals surface area contributed by atoms with Gasteiger partial charge in [-0.3, -0.25) is 4.79 Å². The molecule has 0 aliphatic rings. The van der Waals surface area contributed by atoms with Gasteiger partial charge in [-0.15, -0.1) is 0 Å². The summed E-state index contributed by atoms with van der Waals surface area (Å²) in [5.74, 6) is -0.235. The van der Waals surface area contributed by atoms with Gasteiger partial charge in [-0.25, -0.2) is 0 Å². The Hall–Kier alpha value is -1.81. The number of nitrogens with one attached hydrogen (secondary N) is 1. The molecular formula is C16H22N2O2. The van der Waals surface area contributed by atoms with Gasteiger partial charge >= 0.3 is 5.97 Å². The van der Waals surface area contributed by atoms with E-state index in [4.69, 9.17) is 4.74 Å². The van der Waals surface area contributed by atoms with Gasteiger partial charge in [0, 0.05) is 23.8 Å². The highest BCUT2D eigenvalue weighted by molar-refractivity contribution is 5.82. The standard InChI is InChI=1S/C16H22N2O2/c1-16(2,3)17-10-12-5-6-13-7-8-18(14(13)9-12)11-15(19)20-4/h5-9,17H,10-11H2,1-4H3. The molecule has 1 aromatic carbocycles. The van der Waals surface area contributed by atoms with Crippen LogP contribution in [-0.2, 0) is 22.6 Å². The van der Waals surface area contributed by atoms with Crippen molar-refractivity contribution >= 4 is 16.9 Å². The number of ether oxygens (including phenoxy) is 1. The first kappa shape index (κ1) is 14.6. The topological polar surface area (TPSA) is 43.3 Å². The van der Waals surface area contributed by atoms with E-state index >= 15 is 0 Å². The molecule has 0 spiro atoms. The van der Waals surface area contributed by atoms with E-state index in [1.54, 1.807) is 0 Å². The minimum absolute atomic E-state index is 0.0863. The second kappa shape index (κ2) is 5.67. The first-order chi connectivity index (χ1) is 9.39. The number of benzene rings is 1. The van der Waals surface area contributed by atoms with Crippen molar-refractivity contribution in [1.82, 2.24) is 9.88 Å². The average molecular weight is 274 g/mol. The monoisotopic (exact) mass is 274 g/mol. The Morgan fingerprint density at radius 1 is 1.30 bits per heavy atom. The number of fused-ring (bicyclic) bond motifs is 1. The minimum Gasteiger partial charge on any atom is -0.468 e. The van der Waals surface area contributed by atoms with Crippen LogP contribution >= 0.6 is 0 Å². The average Bonchev–Trinajstić information content (AvgIpc) is 2.78. The van der Waals surface area contributed by atoms with Crippen LogP contribution in [0.3, 0.4) is 0 Å². The van der Waals surface area contributed by atoms with E-state index in [-0.39, 0.29) is 18.1 Å². The minimum atomic E-state index is -0.235. The molecule has 0 atom stereocenters. The number of hydrogen-bond acceptors (Lipinski definition) is 3. The SMILES string of the molecule is COC(=O)Cn1ccc2ccc(CNC(C)(C)C)cc21. The summed E-state index contributed by atoms with van der Waals surface area (Å²) in [6.07, 6.45) is 1.92. The Morgan fingerprint density at radius 3 is 2.70 bits per heavy atom. The van der Waals surface area contributed by atoms with E-state index < -0.39 is 0 Å². The smallest absolute Gasteiger partial charge is 0.325 e. The number of rotatable bonds is 4. The molecule has 0 bridgehead atoms. The lowest BCUT2D eigenvalue weighted by Gasteiger charge is -2.20. The molecular weight excluding hydrogens is 252 g/mol. The summed E-state index contributed by atoms with van der Waals surface area (Å²) in [7, 11) is 1.41. The van der Waals surface area contributed by atoms with Crippen LogP contribution in [0.2, 0.25) is 0 Å². The molecule has 0 fully saturated rings. The zero-order chi connectivity index (χ0) is 14.8. The fourth-order valence-corrected chi connectivity index (χ4v) is 2.05. The van der Waals surface area contributed by atoms with Crippen LogP contribution in [0.15, 0.2) is 30.5 Å². The second-order valence-corrected chi connectivity index (χ2v) is 6.02. The Bertz CT molecular complexity index is 608. The van der Waals surface area contributed by atoms with Crippen molar-refractivity contribution < 1.29 is 9.53 Å². The number of carbonyl (C=O) groups is 1. The van der Waals surface area contributed by atoms with Gasteiger partial charge in [-0.2, -0.15) is 0 Å². The Morgan fingerprint density at radius 2 is 2.05 bits per heavy atom. The first-order valence-corrected chi connectivity index (χ1v) is 6.79. The van der Waals surface area contributed by atoms with Gasteiger partial charge in [0.2, 0.25) is 0 Å². The van der Waals surface area contributed by atoms with Gasteiger partial charge < -0.3 is 14.6 Å². The van der Waals surface area contributed by atoms with Gasteiger partial charge in [0.15, 0.2) is 0 Å². The summed E-state index contributed by atoms with van der Waals surface area (Å²) in [6.45, 7) is 7.49. The molecule has 0 amide bonds. The van der Waals surface area contributed by atoms with Crippen LogP contribution in [0.4, 0.5) is 0 Å². The maximum absolute atomic E-state index is 11.4. The predicted molar refractivity (Wildman–Crippen MR) is 80.5 cm³/mol. The van der Waals surface area contributed by atoms with Crippen LogP contribution in [0, 0.1) is 0 Å². The Kier molecular flexibility index (Phi) is 4.14. The fourth-order valence-electron chi connectivity index (χ4n) is 2.05. The molecule has 20 heavy (non-hydrogen) atoms. The summed E-state index contributed by atoms with van der Waals surface area (Å²) in [4.78, 5) is 11.4. The zero-order valence-corrected chi connectivity index (χ0v) is 12.6. The van der Waals surface area contributed by atoms with Crippen molar-refractivity contribution in [3.8, 4) is 0 Å². The zero-order valence-electron chi connectivity index (χ0n) is 12.6. The highest BCUT2D eigenvalue weighted by Crippen LogP contribution is 2.18. The third-order valence-electron chi connectivity index (χ3n) is 3.19. The molecule has 4 nitrogen and oxygen atoms in total. The van der Waals surface area contributed by atoms with Gasteiger partial charge in [0.25, 0.3) is 0 Å². The van der Waals surface area contributed by atoms with Gasteiger partial charge in [0.1, 0.15) is 6.54 Å². The molecule has 0 saturated carbocycles. The maximum Gasteiger partial charge on any atom is 0.325 e. The van der Waals surface area contributed by atoms with Crippen LogP contribution in [-0.4, -0.2) is 23.2 Å². The van der Waals surface area contributed by atoms with E-state index in [0.717, 1.165) is 17.4 Å². The van der Waals surface area contributed by atoms with Crippen LogP contribution in [0.5, 0.6) is 0 Å². The summed E-state index contributed by atoms with van der Waals surface area (Å²) in [5, 5.41) is 4.60. The number of nitrogens with zero attached hydrogens (tertiary/aromatic N) is 1. The maximum atomic E-state index is 11.4. The molecule has 2 aromatic rings.